The second-order valence-corrected chi connectivity index (χ2v) is 6.42. The largest absolute Gasteiger partial charge is 0.444 e. The van der Waals surface area contributed by atoms with E-state index >= 15 is 0 Å². The van der Waals surface area contributed by atoms with E-state index in [4.69, 9.17) is 4.74 Å². The maximum absolute atomic E-state index is 11.9. The number of aliphatic hydroxyl groups is 1. The van der Waals surface area contributed by atoms with E-state index in [1.165, 1.54) is 10.5 Å². The Bertz CT molecular complexity index is 481. The number of aryl methyl sites for hydroxylation is 1. The van der Waals surface area contributed by atoms with Crippen molar-refractivity contribution in [2.45, 2.75) is 45.3 Å². The van der Waals surface area contributed by atoms with E-state index < -0.39 is 11.2 Å². The Morgan fingerprint density at radius 2 is 1.85 bits per heavy atom. The second-order valence-electron chi connectivity index (χ2n) is 6.42. The van der Waals surface area contributed by atoms with Crippen molar-refractivity contribution in [2.24, 2.45) is 0 Å². The summed E-state index contributed by atoms with van der Waals surface area (Å²) in [6.07, 6.45) is 0.607. The van der Waals surface area contributed by atoms with Crippen LogP contribution < -0.4 is 0 Å². The smallest absolute Gasteiger partial charge is 0.410 e. The zero-order valence-electron chi connectivity index (χ0n) is 12.6. The molecule has 0 radical (unpaired) electrons. The lowest BCUT2D eigenvalue weighted by Crippen LogP contribution is -2.61. The Kier molecular flexibility index (Phi) is 3.78. The topological polar surface area (TPSA) is 49.8 Å². The van der Waals surface area contributed by atoms with Gasteiger partial charge in [-0.3, -0.25) is 0 Å². The summed E-state index contributed by atoms with van der Waals surface area (Å²) in [5.74, 6) is 0. The number of benzene rings is 1. The monoisotopic (exact) mass is 277 g/mol. The highest BCUT2D eigenvalue weighted by molar-refractivity contribution is 5.70. The molecule has 4 nitrogen and oxygen atoms in total. The fourth-order valence-electron chi connectivity index (χ4n) is 2.27. The number of amides is 1. The number of hydrogen-bond acceptors (Lipinski definition) is 3. The third kappa shape index (κ3) is 3.12. The van der Waals surface area contributed by atoms with Gasteiger partial charge in [-0.1, -0.05) is 31.2 Å². The van der Waals surface area contributed by atoms with Gasteiger partial charge in [0.1, 0.15) is 11.2 Å². The zero-order valence-corrected chi connectivity index (χ0v) is 12.6. The Morgan fingerprint density at radius 1 is 1.30 bits per heavy atom. The summed E-state index contributed by atoms with van der Waals surface area (Å²) in [5.41, 5.74) is 0.645. The van der Waals surface area contributed by atoms with Crippen LogP contribution in [0.3, 0.4) is 0 Å². The van der Waals surface area contributed by atoms with Gasteiger partial charge < -0.3 is 14.7 Å². The maximum atomic E-state index is 11.9. The van der Waals surface area contributed by atoms with Crippen LogP contribution in [0.2, 0.25) is 0 Å². The number of β-amino-alcohol motifs (C(OH)–C–C–N with tert-alkyl or cyclic N) is 1. The molecule has 0 aliphatic carbocycles. The number of carbonyl (C=O) groups excluding carboxylic acids is 1. The van der Waals surface area contributed by atoms with E-state index in [-0.39, 0.29) is 19.2 Å². The fourth-order valence-corrected chi connectivity index (χ4v) is 2.27. The van der Waals surface area contributed by atoms with Gasteiger partial charge in [0.15, 0.2) is 0 Å². The third-order valence-corrected chi connectivity index (χ3v) is 3.46. The predicted octanol–water partition coefficient (Wildman–Crippen LogP) is 2.69. The van der Waals surface area contributed by atoms with Gasteiger partial charge in [0, 0.05) is 0 Å². The molecular formula is C16H23NO3. The summed E-state index contributed by atoms with van der Waals surface area (Å²) in [6, 6.07) is 7.91. The van der Waals surface area contributed by atoms with Gasteiger partial charge in [0.25, 0.3) is 0 Å². The van der Waals surface area contributed by atoms with Gasteiger partial charge in [0.05, 0.1) is 13.1 Å². The third-order valence-electron chi connectivity index (χ3n) is 3.46. The molecule has 0 saturated carbocycles. The van der Waals surface area contributed by atoms with Crippen molar-refractivity contribution in [1.82, 2.24) is 4.90 Å². The number of nitrogens with zero attached hydrogens (tertiary/aromatic N) is 1. The Hall–Kier alpha value is -1.55. The first-order chi connectivity index (χ1) is 9.23. The van der Waals surface area contributed by atoms with E-state index in [1.807, 2.05) is 45.0 Å². The predicted molar refractivity (Wildman–Crippen MR) is 77.5 cm³/mol. The highest BCUT2D eigenvalue weighted by Crippen LogP contribution is 2.33. The van der Waals surface area contributed by atoms with Crippen LogP contribution in [-0.2, 0) is 16.8 Å². The molecule has 1 aromatic carbocycles. The van der Waals surface area contributed by atoms with Crippen LogP contribution in [0, 0.1) is 0 Å². The molecule has 0 unspecified atom stereocenters. The number of ether oxygens (including phenoxy) is 1. The first kappa shape index (κ1) is 14.9. The van der Waals surface area contributed by atoms with E-state index in [9.17, 15) is 9.90 Å². The average molecular weight is 277 g/mol. The quantitative estimate of drug-likeness (QED) is 0.904. The Balaban J connectivity index is 1.98. The second kappa shape index (κ2) is 5.09. The number of likely N-dealkylation sites (tertiary alicyclic amines) is 1. The average Bonchev–Trinajstić information content (AvgIpc) is 2.33. The molecule has 1 heterocycles. The summed E-state index contributed by atoms with van der Waals surface area (Å²) in [4.78, 5) is 13.4. The normalized spacial score (nSPS) is 17.6. The van der Waals surface area contributed by atoms with Gasteiger partial charge >= 0.3 is 6.09 Å². The van der Waals surface area contributed by atoms with Crippen LogP contribution in [0.15, 0.2) is 24.3 Å². The van der Waals surface area contributed by atoms with Crippen molar-refractivity contribution >= 4 is 6.09 Å². The van der Waals surface area contributed by atoms with Crippen LogP contribution in [0.4, 0.5) is 4.79 Å². The summed E-state index contributed by atoms with van der Waals surface area (Å²) in [7, 11) is 0. The first-order valence-corrected chi connectivity index (χ1v) is 7.03. The molecule has 1 N–H and O–H groups in total. The summed E-state index contributed by atoms with van der Waals surface area (Å²) >= 11 is 0. The van der Waals surface area contributed by atoms with Crippen molar-refractivity contribution in [3.05, 3.63) is 35.4 Å². The molecule has 0 atom stereocenters. The van der Waals surface area contributed by atoms with Crippen LogP contribution in [0.25, 0.3) is 0 Å². The molecule has 2 rings (SSSR count). The van der Waals surface area contributed by atoms with Crippen LogP contribution in [0.1, 0.15) is 38.8 Å². The molecule has 1 aliphatic rings. The minimum Gasteiger partial charge on any atom is -0.444 e. The van der Waals surface area contributed by atoms with Gasteiger partial charge in [-0.05, 0) is 38.3 Å². The van der Waals surface area contributed by atoms with E-state index in [1.54, 1.807) is 0 Å². The van der Waals surface area contributed by atoms with E-state index in [0.29, 0.717) is 0 Å². The lowest BCUT2D eigenvalue weighted by atomic mass is 9.86. The van der Waals surface area contributed by atoms with Gasteiger partial charge in [0.2, 0.25) is 0 Å². The lowest BCUT2D eigenvalue weighted by Gasteiger charge is -2.46. The highest BCUT2D eigenvalue weighted by Gasteiger charge is 2.46. The van der Waals surface area contributed by atoms with Crippen LogP contribution in [0.5, 0.6) is 0 Å². The molecule has 1 aliphatic heterocycles. The number of hydrogen-bond donors (Lipinski definition) is 1. The van der Waals surface area contributed by atoms with Gasteiger partial charge in [-0.15, -0.1) is 0 Å². The first-order valence-electron chi connectivity index (χ1n) is 7.03. The van der Waals surface area contributed by atoms with Crippen LogP contribution >= 0.6 is 0 Å². The summed E-state index contributed by atoms with van der Waals surface area (Å²) < 4.78 is 5.28. The number of rotatable bonds is 2. The zero-order chi connectivity index (χ0) is 15.0. The van der Waals surface area contributed by atoms with Crippen molar-refractivity contribution in [1.29, 1.82) is 0 Å². The summed E-state index contributed by atoms with van der Waals surface area (Å²) in [6.45, 7) is 8.17. The van der Waals surface area contributed by atoms with E-state index in [0.717, 1.165) is 12.0 Å². The minimum atomic E-state index is -0.941. The maximum Gasteiger partial charge on any atom is 0.410 e. The standard InChI is InChI=1S/C16H23NO3/c1-5-12-6-8-13(9-7-12)16(19)10-17(11-16)14(18)20-15(2,3)4/h6-9,19H,5,10-11H2,1-4H3. The molecule has 0 aromatic heterocycles. The van der Waals surface area contributed by atoms with Crippen molar-refractivity contribution in [3.8, 4) is 0 Å². The minimum absolute atomic E-state index is 0.285. The van der Waals surface area contributed by atoms with Crippen molar-refractivity contribution < 1.29 is 14.6 Å². The number of carbonyl (C=O) groups is 1. The molecule has 110 valence electrons. The van der Waals surface area contributed by atoms with Gasteiger partial charge in [-0.25, -0.2) is 4.79 Å². The van der Waals surface area contributed by atoms with Crippen molar-refractivity contribution in [2.75, 3.05) is 13.1 Å². The highest BCUT2D eigenvalue weighted by atomic mass is 16.6. The SMILES string of the molecule is CCc1ccc(C2(O)CN(C(=O)OC(C)(C)C)C2)cc1. The fraction of sp³-hybridized carbons (Fsp3) is 0.562. The Morgan fingerprint density at radius 3 is 2.30 bits per heavy atom. The van der Waals surface area contributed by atoms with E-state index in [2.05, 4.69) is 6.92 Å². The molecule has 20 heavy (non-hydrogen) atoms. The van der Waals surface area contributed by atoms with Gasteiger partial charge in [-0.2, -0.15) is 0 Å². The molecule has 0 bridgehead atoms. The molecule has 0 spiro atoms. The molecular weight excluding hydrogens is 254 g/mol. The lowest BCUT2D eigenvalue weighted by molar-refractivity contribution is -0.103. The molecule has 1 saturated heterocycles. The molecule has 4 heteroatoms. The Labute approximate surface area is 120 Å². The molecule has 1 amide bonds. The summed E-state index contributed by atoms with van der Waals surface area (Å²) in [5, 5.41) is 10.5. The molecule has 1 fully saturated rings. The van der Waals surface area contributed by atoms with Crippen LogP contribution in [-0.4, -0.2) is 34.8 Å². The van der Waals surface area contributed by atoms with Crippen molar-refractivity contribution in [3.63, 3.8) is 0 Å². The molecule has 1 aromatic rings.